The summed E-state index contributed by atoms with van der Waals surface area (Å²) in [7, 11) is 0. The van der Waals surface area contributed by atoms with Crippen LogP contribution >= 0.6 is 0 Å². The quantitative estimate of drug-likeness (QED) is 0.560. The topological polar surface area (TPSA) is 70.0 Å². The van der Waals surface area contributed by atoms with Gasteiger partial charge in [0.15, 0.2) is 0 Å². The number of rotatable bonds is 3. The van der Waals surface area contributed by atoms with Gasteiger partial charge in [0, 0.05) is 13.2 Å². The summed E-state index contributed by atoms with van der Waals surface area (Å²) < 4.78 is 5.40. The number of nitrogens with zero attached hydrogens (tertiary/aromatic N) is 1. The smallest absolute Gasteiger partial charge is 0.431 e. The van der Waals surface area contributed by atoms with E-state index in [4.69, 9.17) is 9.84 Å². The van der Waals surface area contributed by atoms with Crippen molar-refractivity contribution < 1.29 is 19.8 Å². The molecule has 1 aliphatic rings. The van der Waals surface area contributed by atoms with Crippen molar-refractivity contribution >= 4 is 6.09 Å². The molecule has 0 aromatic carbocycles. The molecule has 1 amide bonds. The van der Waals surface area contributed by atoms with Crippen molar-refractivity contribution in [2.24, 2.45) is 5.92 Å². The van der Waals surface area contributed by atoms with Crippen LogP contribution in [0.4, 0.5) is 4.79 Å². The molecule has 1 fully saturated rings. The van der Waals surface area contributed by atoms with Crippen molar-refractivity contribution in [1.82, 2.24) is 5.06 Å². The van der Waals surface area contributed by atoms with Crippen LogP contribution in [0.2, 0.25) is 0 Å². The van der Waals surface area contributed by atoms with Gasteiger partial charge in [-0.25, -0.2) is 4.79 Å². The summed E-state index contributed by atoms with van der Waals surface area (Å²) in [4.78, 5) is 10.5. The Labute approximate surface area is 89.6 Å². The van der Waals surface area contributed by atoms with Gasteiger partial charge in [0.2, 0.25) is 0 Å². The molecular weight excluding hydrogens is 198 g/mol. The number of amides is 1. The molecular formula is C10H19NO4. The number of hydroxylamine groups is 2. The zero-order valence-electron chi connectivity index (χ0n) is 9.06. The predicted octanol–water partition coefficient (Wildman–Crippen LogP) is 1.95. The number of hydrogen-bond acceptors (Lipinski definition) is 3. The van der Waals surface area contributed by atoms with Crippen LogP contribution < -0.4 is 0 Å². The highest BCUT2D eigenvalue weighted by molar-refractivity contribution is 5.63. The molecule has 0 bridgehead atoms. The average Bonchev–Trinajstić information content (AvgIpc) is 2.45. The normalized spacial score (nSPS) is 24.3. The third kappa shape index (κ3) is 4.05. The summed E-state index contributed by atoms with van der Waals surface area (Å²) in [5.41, 5.74) is 0. The molecule has 1 rings (SSSR count). The van der Waals surface area contributed by atoms with Gasteiger partial charge in [0.1, 0.15) is 0 Å². The molecule has 88 valence electrons. The number of carboxylic acid groups (broad SMARTS) is 1. The van der Waals surface area contributed by atoms with Gasteiger partial charge in [0.25, 0.3) is 0 Å². The molecule has 0 aromatic rings. The molecule has 0 aromatic heterocycles. The maximum Gasteiger partial charge on any atom is 0.431 e. The first-order chi connectivity index (χ1) is 7.11. The fourth-order valence-electron chi connectivity index (χ4n) is 1.93. The Balaban J connectivity index is 2.35. The summed E-state index contributed by atoms with van der Waals surface area (Å²) >= 11 is 0. The minimum absolute atomic E-state index is 0.358. The molecule has 0 saturated carbocycles. The highest BCUT2D eigenvalue weighted by Crippen LogP contribution is 2.20. The molecule has 5 nitrogen and oxygen atoms in total. The van der Waals surface area contributed by atoms with Crippen LogP contribution in [0, 0.1) is 5.92 Å². The third-order valence-corrected chi connectivity index (χ3v) is 2.79. The first-order valence-corrected chi connectivity index (χ1v) is 5.40. The average molecular weight is 217 g/mol. The molecule has 2 N–H and O–H groups in total. The van der Waals surface area contributed by atoms with E-state index in [0.717, 1.165) is 25.9 Å². The highest BCUT2D eigenvalue weighted by atomic mass is 16.6. The Bertz CT molecular complexity index is 202. The van der Waals surface area contributed by atoms with Gasteiger partial charge in [-0.2, -0.15) is 5.06 Å². The van der Waals surface area contributed by atoms with E-state index in [9.17, 15) is 10.0 Å². The van der Waals surface area contributed by atoms with Crippen molar-refractivity contribution in [3.05, 3.63) is 0 Å². The zero-order chi connectivity index (χ0) is 11.3. The van der Waals surface area contributed by atoms with Crippen molar-refractivity contribution in [2.45, 2.75) is 38.6 Å². The van der Waals surface area contributed by atoms with Gasteiger partial charge < -0.3 is 9.84 Å². The largest absolute Gasteiger partial charge is 0.463 e. The minimum Gasteiger partial charge on any atom is -0.463 e. The van der Waals surface area contributed by atoms with Crippen LogP contribution in [0.25, 0.3) is 0 Å². The Morgan fingerprint density at radius 2 is 2.33 bits per heavy atom. The van der Waals surface area contributed by atoms with Gasteiger partial charge >= 0.3 is 6.09 Å². The standard InChI is InChI=1S/C10H19NO4/c1-8(11(14)10(12)13)6-9-4-2-3-5-15-7-9/h8-9,14H,2-7H2,1H3,(H,12,13). The summed E-state index contributed by atoms with van der Waals surface area (Å²) in [6.45, 7) is 3.18. The fraction of sp³-hybridized carbons (Fsp3) is 0.900. The monoisotopic (exact) mass is 217 g/mol. The Hall–Kier alpha value is -0.810. The Morgan fingerprint density at radius 3 is 3.00 bits per heavy atom. The maximum atomic E-state index is 10.5. The lowest BCUT2D eigenvalue weighted by molar-refractivity contribution is -0.0979. The van der Waals surface area contributed by atoms with Crippen molar-refractivity contribution in [3.8, 4) is 0 Å². The van der Waals surface area contributed by atoms with Crippen molar-refractivity contribution in [2.75, 3.05) is 13.2 Å². The van der Waals surface area contributed by atoms with Crippen LogP contribution in [0.5, 0.6) is 0 Å². The number of ether oxygens (including phenoxy) is 1. The lowest BCUT2D eigenvalue weighted by Crippen LogP contribution is -2.36. The van der Waals surface area contributed by atoms with Gasteiger partial charge in [0.05, 0.1) is 6.04 Å². The van der Waals surface area contributed by atoms with Crippen LogP contribution in [0.1, 0.15) is 32.6 Å². The van der Waals surface area contributed by atoms with Crippen LogP contribution in [0.3, 0.4) is 0 Å². The SMILES string of the molecule is CC(CC1CCCCOC1)N(O)C(=O)O. The predicted molar refractivity (Wildman–Crippen MR) is 53.9 cm³/mol. The van der Waals surface area contributed by atoms with Crippen LogP contribution in [0.15, 0.2) is 0 Å². The number of hydrogen-bond donors (Lipinski definition) is 2. The molecule has 1 aliphatic heterocycles. The maximum absolute atomic E-state index is 10.5. The summed E-state index contributed by atoms with van der Waals surface area (Å²) in [5.74, 6) is 0.358. The molecule has 1 heterocycles. The fourth-order valence-corrected chi connectivity index (χ4v) is 1.93. The van der Waals surface area contributed by atoms with E-state index >= 15 is 0 Å². The molecule has 0 aliphatic carbocycles. The summed E-state index contributed by atoms with van der Waals surface area (Å²) in [6.07, 6.45) is 2.61. The van der Waals surface area contributed by atoms with Gasteiger partial charge in [-0.1, -0.05) is 6.42 Å². The van der Waals surface area contributed by atoms with E-state index in [1.54, 1.807) is 6.92 Å². The van der Waals surface area contributed by atoms with E-state index < -0.39 is 6.09 Å². The molecule has 0 radical (unpaired) electrons. The lowest BCUT2D eigenvalue weighted by Gasteiger charge is -2.23. The Kier molecular flexibility index (Phi) is 4.84. The molecule has 2 atom stereocenters. The zero-order valence-corrected chi connectivity index (χ0v) is 9.06. The van der Waals surface area contributed by atoms with E-state index in [2.05, 4.69) is 0 Å². The lowest BCUT2D eigenvalue weighted by atomic mass is 9.96. The van der Waals surface area contributed by atoms with Crippen molar-refractivity contribution in [3.63, 3.8) is 0 Å². The van der Waals surface area contributed by atoms with Gasteiger partial charge in [-0.05, 0) is 32.1 Å². The Morgan fingerprint density at radius 1 is 1.60 bits per heavy atom. The highest BCUT2D eigenvalue weighted by Gasteiger charge is 2.22. The van der Waals surface area contributed by atoms with Crippen molar-refractivity contribution in [1.29, 1.82) is 0 Å². The van der Waals surface area contributed by atoms with E-state index in [1.807, 2.05) is 0 Å². The van der Waals surface area contributed by atoms with Gasteiger partial charge in [-0.15, -0.1) is 0 Å². The molecule has 15 heavy (non-hydrogen) atoms. The van der Waals surface area contributed by atoms with Crippen LogP contribution in [-0.2, 0) is 4.74 Å². The van der Waals surface area contributed by atoms with E-state index in [0.29, 0.717) is 24.0 Å². The van der Waals surface area contributed by atoms with E-state index in [1.165, 1.54) is 0 Å². The van der Waals surface area contributed by atoms with Gasteiger partial charge in [-0.3, -0.25) is 5.21 Å². The molecule has 2 unspecified atom stereocenters. The number of carbonyl (C=O) groups is 1. The second kappa shape index (κ2) is 5.92. The first kappa shape index (κ1) is 12.3. The minimum atomic E-state index is -1.29. The molecule has 0 spiro atoms. The second-order valence-electron chi connectivity index (χ2n) is 4.15. The first-order valence-electron chi connectivity index (χ1n) is 5.40. The molecule has 1 saturated heterocycles. The summed E-state index contributed by atoms with van der Waals surface area (Å²) in [6, 6.07) is -0.366. The summed E-state index contributed by atoms with van der Waals surface area (Å²) in [5, 5.41) is 18.2. The molecule has 5 heteroatoms. The second-order valence-corrected chi connectivity index (χ2v) is 4.15. The van der Waals surface area contributed by atoms with E-state index in [-0.39, 0.29) is 6.04 Å². The third-order valence-electron chi connectivity index (χ3n) is 2.79. The van der Waals surface area contributed by atoms with Crippen LogP contribution in [-0.4, -0.2) is 40.7 Å².